The predicted molar refractivity (Wildman–Crippen MR) is 265 cm³/mol. The highest BCUT2D eigenvalue weighted by atomic mass is 32.1. The number of rotatable bonds is 6. The highest BCUT2D eigenvalue weighted by molar-refractivity contribution is 7.12. The summed E-state index contributed by atoms with van der Waals surface area (Å²) >= 11 is 1.64. The van der Waals surface area contributed by atoms with Crippen molar-refractivity contribution < 1.29 is 57.5 Å². The number of ketones is 3. The zero-order valence-corrected chi connectivity index (χ0v) is 43.5. The Bertz CT molecular complexity index is 2060. The molecule has 69 heavy (non-hydrogen) atoms. The second-order valence-corrected chi connectivity index (χ2v) is 22.1. The van der Waals surface area contributed by atoms with Crippen LogP contribution in [0.25, 0.3) is 0 Å². The van der Waals surface area contributed by atoms with Crippen molar-refractivity contribution in [1.29, 1.82) is 0 Å². The molecular weight excluding hydrogens is 902 g/mol. The molecule has 1 aliphatic carbocycles. The average Bonchev–Trinajstić information content (AvgIpc) is 3.76. The van der Waals surface area contributed by atoms with Gasteiger partial charge in [-0.1, -0.05) is 76.6 Å². The van der Waals surface area contributed by atoms with Crippen molar-refractivity contribution in [2.24, 2.45) is 35.5 Å². The number of carbonyl (C=O) groups excluding carboxylic acids is 5. The number of aryl methyl sites for hydroxylation is 1. The van der Waals surface area contributed by atoms with E-state index in [9.17, 15) is 34.2 Å². The lowest BCUT2D eigenvalue weighted by Gasteiger charge is -2.41. The van der Waals surface area contributed by atoms with E-state index in [1.165, 1.54) is 7.11 Å². The highest BCUT2D eigenvalue weighted by Gasteiger charge is 2.55. The number of piperidine rings is 1. The van der Waals surface area contributed by atoms with Crippen LogP contribution in [0.1, 0.15) is 141 Å². The molecule has 1 amide bonds. The minimum Gasteiger partial charge on any atom is -0.460 e. The van der Waals surface area contributed by atoms with Gasteiger partial charge in [0.15, 0.2) is 5.78 Å². The van der Waals surface area contributed by atoms with Crippen LogP contribution in [0.4, 0.5) is 4.39 Å². The maximum absolute atomic E-state index is 17.4. The molecular formula is C55H80FNO11S. The molecule has 3 fully saturated rings. The molecule has 2 saturated heterocycles. The monoisotopic (exact) mass is 982 g/mol. The van der Waals surface area contributed by atoms with E-state index < -0.39 is 77.8 Å². The summed E-state index contributed by atoms with van der Waals surface area (Å²) in [5.41, 5.74) is 1.39. The molecule has 0 radical (unpaired) electrons. The molecule has 0 aromatic carbocycles. The van der Waals surface area contributed by atoms with Gasteiger partial charge in [0.1, 0.15) is 30.1 Å². The largest absolute Gasteiger partial charge is 0.460 e. The molecule has 1 aromatic heterocycles. The molecule has 15 atom stereocenters. The van der Waals surface area contributed by atoms with E-state index in [1.807, 2.05) is 71.1 Å². The summed E-state index contributed by atoms with van der Waals surface area (Å²) in [5, 5.41) is 22.0. The van der Waals surface area contributed by atoms with Crippen molar-refractivity contribution in [2.45, 2.75) is 187 Å². The van der Waals surface area contributed by atoms with Gasteiger partial charge < -0.3 is 34.1 Å². The summed E-state index contributed by atoms with van der Waals surface area (Å²) in [5.74, 6) is -9.22. The molecule has 1 aromatic rings. The Kier molecular flexibility index (Phi) is 20.9. The van der Waals surface area contributed by atoms with Gasteiger partial charge in [-0.05, 0) is 127 Å². The fourth-order valence-electron chi connectivity index (χ4n) is 10.8. The van der Waals surface area contributed by atoms with Crippen LogP contribution in [0.3, 0.4) is 0 Å². The summed E-state index contributed by atoms with van der Waals surface area (Å²) in [4.78, 5) is 74.4. The van der Waals surface area contributed by atoms with Crippen LogP contribution >= 0.6 is 11.3 Å². The molecule has 4 heterocycles. The Hall–Kier alpha value is -3.66. The van der Waals surface area contributed by atoms with Crippen LogP contribution in [0, 0.1) is 42.4 Å². The van der Waals surface area contributed by atoms with E-state index in [1.54, 1.807) is 45.3 Å². The number of esters is 1. The number of amides is 1. The van der Waals surface area contributed by atoms with E-state index in [0.29, 0.717) is 69.8 Å². The van der Waals surface area contributed by atoms with Crippen molar-refractivity contribution in [3.63, 3.8) is 0 Å². The number of aliphatic hydroxyl groups is 2. The number of ether oxygens (including phenoxy) is 4. The number of alkyl halides is 1. The molecule has 384 valence electrons. The van der Waals surface area contributed by atoms with E-state index in [-0.39, 0.29) is 60.7 Å². The number of allylic oxidation sites excluding steroid dienone is 7. The van der Waals surface area contributed by atoms with Crippen LogP contribution in [0.2, 0.25) is 0 Å². The van der Waals surface area contributed by atoms with Gasteiger partial charge in [-0.2, -0.15) is 0 Å². The number of hydrogen-bond donors (Lipinski definition) is 2. The molecule has 2 N–H and O–H groups in total. The van der Waals surface area contributed by atoms with E-state index in [4.69, 9.17) is 18.9 Å². The molecule has 0 unspecified atom stereocenters. The van der Waals surface area contributed by atoms with Crippen LogP contribution < -0.4 is 0 Å². The fourth-order valence-corrected chi connectivity index (χ4v) is 11.9. The molecule has 4 aliphatic rings. The number of carbonyl (C=O) groups is 5. The SMILES string of the molecule is CO[C@@H]1C[C@H](C[C@@H](C)[C@@H]2CC(=O)[C@H](C)/C=C(\C)[C@@H](O)[C@@H](OC)C(=O)[C@H](C)C[C@H](C)\C=C/C=C/C=C(\C)[C@@H](c3ccc(C)s3)C[C@@H]3CC[C@@H](C)[C@@](F)(O3)C(=O)C(=O)N3CCCC[C@H]3C(=O)O2)CC[C@H]1O. The average molecular weight is 982 g/mol. The van der Waals surface area contributed by atoms with Gasteiger partial charge in [0.25, 0.3) is 17.5 Å². The molecule has 5 rings (SSSR count). The topological polar surface area (TPSA) is 166 Å². The Morgan fingerprint density at radius 3 is 2.30 bits per heavy atom. The predicted octanol–water partition coefficient (Wildman–Crippen LogP) is 9.30. The fraction of sp³-hybridized carbons (Fsp3) is 0.691. The first kappa shape index (κ1) is 56.3. The van der Waals surface area contributed by atoms with Crippen LogP contribution in [0.15, 0.2) is 59.7 Å². The molecule has 1 saturated carbocycles. The van der Waals surface area contributed by atoms with Crippen molar-refractivity contribution in [3.05, 3.63) is 69.5 Å². The summed E-state index contributed by atoms with van der Waals surface area (Å²) in [6.45, 7) is 14.7. The summed E-state index contributed by atoms with van der Waals surface area (Å²) in [6.07, 6.45) is 11.5. The zero-order chi connectivity index (χ0) is 50.7. The maximum atomic E-state index is 17.4. The molecule has 3 aliphatic heterocycles. The minimum absolute atomic E-state index is 0.0122. The van der Waals surface area contributed by atoms with Crippen molar-refractivity contribution in [3.8, 4) is 0 Å². The first-order chi connectivity index (χ1) is 32.7. The number of Topliss-reactive ketones (excluding diaryl/α,β-unsaturated/α-hetero) is 3. The second kappa shape index (κ2) is 25.6. The number of halogens is 1. The molecule has 0 spiro atoms. The number of hydrogen-bond acceptors (Lipinski definition) is 12. The summed E-state index contributed by atoms with van der Waals surface area (Å²) in [6, 6.07) is 2.91. The molecule has 14 heteroatoms. The van der Waals surface area contributed by atoms with Crippen LogP contribution in [0.5, 0.6) is 0 Å². The van der Waals surface area contributed by atoms with Gasteiger partial charge in [0.05, 0.1) is 18.3 Å². The summed E-state index contributed by atoms with van der Waals surface area (Å²) < 4.78 is 41.0. The quantitative estimate of drug-likeness (QED) is 0.159. The Morgan fingerprint density at radius 2 is 1.62 bits per heavy atom. The Morgan fingerprint density at radius 1 is 0.884 bits per heavy atom. The second-order valence-electron chi connectivity index (χ2n) is 20.8. The lowest BCUT2D eigenvalue weighted by atomic mass is 9.78. The lowest BCUT2D eigenvalue weighted by Crippen LogP contribution is -2.59. The summed E-state index contributed by atoms with van der Waals surface area (Å²) in [7, 11) is 2.95. The number of nitrogens with zero attached hydrogens (tertiary/aromatic N) is 1. The van der Waals surface area contributed by atoms with Gasteiger partial charge in [-0.25, -0.2) is 9.18 Å². The van der Waals surface area contributed by atoms with Gasteiger partial charge >= 0.3 is 5.97 Å². The van der Waals surface area contributed by atoms with E-state index >= 15 is 4.39 Å². The smallest absolute Gasteiger partial charge is 0.329 e. The number of cyclic esters (lactones) is 1. The third-order valence-electron chi connectivity index (χ3n) is 15.3. The third-order valence-corrected chi connectivity index (χ3v) is 16.4. The lowest BCUT2D eigenvalue weighted by molar-refractivity contribution is -0.229. The standard InChI is InChI=1S/C55H80FNO11S/c1-32-16-12-11-13-17-33(2)42(48-24-20-39(8)69-48)30-41-22-19-38(7)55(56,68-41)52(62)53(63)57-25-15-14-18-43(57)54(64)67-46(35(4)28-40-21-23-44(58)47(29-40)65-9)31-45(59)34(3)27-37(6)50(61)51(66-10)49(60)36(5)26-32/h11-13,16-17,20,24,27,32,34-36,38,40-44,46-47,50-51,58,61H,14-15,18-19,21-23,25-26,28-31H2,1-10H3/b13-11+,16-12-,33-17+,37-27+/t32-,34-,35-,36-,38-,40+,41+,42+,43+,44-,46+,47-,50-,51+,55-/m1/s1. The zero-order valence-electron chi connectivity index (χ0n) is 42.7. The molecule has 12 nitrogen and oxygen atoms in total. The number of fused-ring (bicyclic) bond motifs is 3. The van der Waals surface area contributed by atoms with Gasteiger partial charge in [0, 0.05) is 60.6 Å². The maximum Gasteiger partial charge on any atom is 0.329 e. The van der Waals surface area contributed by atoms with E-state index in [2.05, 4.69) is 6.07 Å². The minimum atomic E-state index is -2.92. The third kappa shape index (κ3) is 14.5. The first-order valence-corrected chi connectivity index (χ1v) is 26.2. The van der Waals surface area contributed by atoms with Crippen LogP contribution in [-0.2, 0) is 42.9 Å². The van der Waals surface area contributed by atoms with Crippen molar-refractivity contribution in [2.75, 3.05) is 20.8 Å². The van der Waals surface area contributed by atoms with Crippen LogP contribution in [-0.4, -0.2) is 114 Å². The van der Waals surface area contributed by atoms with Crippen molar-refractivity contribution in [1.82, 2.24) is 4.90 Å². The Balaban J connectivity index is 1.50. The first-order valence-electron chi connectivity index (χ1n) is 25.4. The van der Waals surface area contributed by atoms with Gasteiger partial charge in [-0.3, -0.25) is 19.2 Å². The normalized spacial score (nSPS) is 38.8. The van der Waals surface area contributed by atoms with Gasteiger partial charge in [0.2, 0.25) is 0 Å². The number of thiophene rings is 1. The highest BCUT2D eigenvalue weighted by Crippen LogP contribution is 2.43. The van der Waals surface area contributed by atoms with Gasteiger partial charge in [-0.15, -0.1) is 11.3 Å². The number of methoxy groups -OCH3 is 2. The van der Waals surface area contributed by atoms with E-state index in [0.717, 1.165) is 20.2 Å². The number of aliphatic hydroxyl groups excluding tert-OH is 2. The Labute approximate surface area is 414 Å². The molecule has 2 bridgehead atoms. The van der Waals surface area contributed by atoms with Crippen molar-refractivity contribution >= 4 is 40.6 Å².